The van der Waals surface area contributed by atoms with Gasteiger partial charge in [-0.25, -0.2) is 10.4 Å². The normalized spacial score (nSPS) is 11.3. The van der Waals surface area contributed by atoms with Gasteiger partial charge in [-0.15, -0.1) is 0 Å². The van der Waals surface area contributed by atoms with E-state index in [1.807, 2.05) is 48.0 Å². The third-order valence-corrected chi connectivity index (χ3v) is 4.90. The van der Waals surface area contributed by atoms with Crippen LogP contribution in [-0.4, -0.2) is 27.4 Å². The fraction of sp³-hybridized carbons (Fsp3) is 0.211. The third-order valence-electron chi connectivity index (χ3n) is 3.87. The lowest BCUT2D eigenvalue weighted by molar-refractivity contribution is -0.118. The van der Waals surface area contributed by atoms with E-state index >= 15 is 0 Å². The Morgan fingerprint density at radius 2 is 2.00 bits per heavy atom. The number of amides is 1. The number of hydrogen-bond acceptors (Lipinski definition) is 4. The van der Waals surface area contributed by atoms with E-state index in [-0.39, 0.29) is 11.7 Å². The van der Waals surface area contributed by atoms with Crippen molar-refractivity contribution in [2.75, 3.05) is 5.75 Å². The summed E-state index contributed by atoms with van der Waals surface area (Å²) in [6.45, 7) is 2.12. The number of benzene rings is 2. The Morgan fingerprint density at radius 1 is 1.24 bits per heavy atom. The molecule has 25 heavy (non-hydrogen) atoms. The van der Waals surface area contributed by atoms with Crippen molar-refractivity contribution >= 4 is 34.9 Å². The van der Waals surface area contributed by atoms with Gasteiger partial charge in [-0.3, -0.25) is 4.79 Å². The summed E-state index contributed by atoms with van der Waals surface area (Å²) < 4.78 is 1.99. The fourth-order valence-electron chi connectivity index (χ4n) is 2.43. The maximum absolute atomic E-state index is 12.0. The summed E-state index contributed by atoms with van der Waals surface area (Å²) in [7, 11) is 1.95. The predicted octanol–water partition coefficient (Wildman–Crippen LogP) is 3.38. The van der Waals surface area contributed by atoms with Crippen LogP contribution in [0.1, 0.15) is 18.1 Å². The standard InChI is InChI=1S/C19H20N4OS/c1-3-14-8-10-15(11-9-14)12-20-22-18(24)13-25-19-21-16-6-4-5-7-17(16)23(19)2/h4-12H,3,13H2,1-2H3,(H,22,24). The van der Waals surface area contributed by atoms with Gasteiger partial charge in [0.05, 0.1) is 23.0 Å². The van der Waals surface area contributed by atoms with Gasteiger partial charge in [0.2, 0.25) is 0 Å². The average molecular weight is 352 g/mol. The summed E-state index contributed by atoms with van der Waals surface area (Å²) in [6, 6.07) is 16.0. The zero-order valence-corrected chi connectivity index (χ0v) is 15.1. The van der Waals surface area contributed by atoms with E-state index < -0.39 is 0 Å². The van der Waals surface area contributed by atoms with Gasteiger partial charge in [-0.05, 0) is 29.7 Å². The van der Waals surface area contributed by atoms with E-state index in [9.17, 15) is 4.79 Å². The highest BCUT2D eigenvalue weighted by Crippen LogP contribution is 2.22. The zero-order valence-electron chi connectivity index (χ0n) is 14.3. The molecule has 6 heteroatoms. The molecule has 1 amide bonds. The number of hydrazone groups is 1. The third kappa shape index (κ3) is 4.28. The van der Waals surface area contributed by atoms with Gasteiger partial charge in [0.15, 0.2) is 5.16 Å². The highest BCUT2D eigenvalue weighted by molar-refractivity contribution is 7.99. The molecular formula is C19H20N4OS. The number of aryl methyl sites for hydroxylation is 2. The van der Waals surface area contributed by atoms with E-state index in [0.29, 0.717) is 0 Å². The Hall–Kier alpha value is -2.60. The Kier molecular flexibility index (Phi) is 5.50. The van der Waals surface area contributed by atoms with Gasteiger partial charge >= 0.3 is 0 Å². The monoisotopic (exact) mass is 352 g/mol. The van der Waals surface area contributed by atoms with Gasteiger partial charge < -0.3 is 4.57 Å². The first-order chi connectivity index (χ1) is 12.2. The van der Waals surface area contributed by atoms with Crippen LogP contribution in [0, 0.1) is 0 Å². The van der Waals surface area contributed by atoms with E-state index in [0.717, 1.165) is 28.2 Å². The predicted molar refractivity (Wildman–Crippen MR) is 103 cm³/mol. The second kappa shape index (κ2) is 7.98. The second-order valence-corrected chi connectivity index (χ2v) is 6.56. The van der Waals surface area contributed by atoms with Gasteiger partial charge in [-0.1, -0.05) is 55.1 Å². The molecule has 0 radical (unpaired) electrons. The molecule has 0 fully saturated rings. The van der Waals surface area contributed by atoms with Crippen molar-refractivity contribution in [3.05, 3.63) is 59.7 Å². The van der Waals surface area contributed by atoms with Gasteiger partial charge in [-0.2, -0.15) is 5.10 Å². The van der Waals surface area contributed by atoms with Crippen LogP contribution < -0.4 is 5.43 Å². The minimum atomic E-state index is -0.154. The quantitative estimate of drug-likeness (QED) is 0.420. The molecule has 0 unspecified atom stereocenters. The summed E-state index contributed by atoms with van der Waals surface area (Å²) in [5.41, 5.74) is 6.78. The van der Waals surface area contributed by atoms with Crippen molar-refractivity contribution in [1.82, 2.24) is 15.0 Å². The molecule has 3 aromatic rings. The molecule has 0 saturated carbocycles. The summed E-state index contributed by atoms with van der Waals surface area (Å²) in [4.78, 5) is 16.5. The van der Waals surface area contributed by atoms with Crippen LogP contribution in [0.5, 0.6) is 0 Å². The van der Waals surface area contributed by atoms with Crippen LogP contribution in [0.25, 0.3) is 11.0 Å². The van der Waals surface area contributed by atoms with Crippen LogP contribution in [0.4, 0.5) is 0 Å². The Bertz CT molecular complexity index is 899. The zero-order chi connectivity index (χ0) is 17.6. The number of fused-ring (bicyclic) bond motifs is 1. The number of nitrogens with one attached hydrogen (secondary N) is 1. The highest BCUT2D eigenvalue weighted by atomic mass is 32.2. The van der Waals surface area contributed by atoms with Crippen LogP contribution >= 0.6 is 11.8 Å². The topological polar surface area (TPSA) is 59.3 Å². The van der Waals surface area contributed by atoms with Crippen molar-refractivity contribution in [2.24, 2.45) is 12.1 Å². The number of para-hydroxylation sites is 2. The molecule has 0 aliphatic carbocycles. The van der Waals surface area contributed by atoms with E-state index in [4.69, 9.17) is 0 Å². The summed E-state index contributed by atoms with van der Waals surface area (Å²) >= 11 is 1.40. The number of rotatable bonds is 6. The van der Waals surface area contributed by atoms with Crippen molar-refractivity contribution in [1.29, 1.82) is 0 Å². The minimum absolute atomic E-state index is 0.154. The molecule has 1 N–H and O–H groups in total. The fourth-order valence-corrected chi connectivity index (χ4v) is 3.21. The van der Waals surface area contributed by atoms with Crippen molar-refractivity contribution < 1.29 is 4.79 Å². The van der Waals surface area contributed by atoms with Crippen molar-refractivity contribution in [2.45, 2.75) is 18.5 Å². The number of carbonyl (C=O) groups excluding carboxylic acids is 1. The molecule has 2 aromatic carbocycles. The van der Waals surface area contributed by atoms with Crippen LogP contribution in [-0.2, 0) is 18.3 Å². The van der Waals surface area contributed by atoms with E-state index in [2.05, 4.69) is 34.6 Å². The first-order valence-corrected chi connectivity index (χ1v) is 9.11. The average Bonchev–Trinajstić information content (AvgIpc) is 2.97. The molecule has 0 bridgehead atoms. The second-order valence-electron chi connectivity index (χ2n) is 5.62. The maximum Gasteiger partial charge on any atom is 0.250 e. The number of imidazole rings is 1. The van der Waals surface area contributed by atoms with Gasteiger partial charge in [0, 0.05) is 7.05 Å². The molecular weight excluding hydrogens is 332 g/mol. The minimum Gasteiger partial charge on any atom is -0.322 e. The number of thioether (sulfide) groups is 1. The first kappa shape index (κ1) is 17.2. The molecule has 0 saturated heterocycles. The molecule has 0 aliphatic rings. The molecule has 128 valence electrons. The number of carbonyl (C=O) groups is 1. The summed E-state index contributed by atoms with van der Waals surface area (Å²) in [5, 5.41) is 4.82. The van der Waals surface area contributed by atoms with Crippen LogP contribution in [0.15, 0.2) is 58.8 Å². The lowest BCUT2D eigenvalue weighted by Gasteiger charge is -2.02. The highest BCUT2D eigenvalue weighted by Gasteiger charge is 2.09. The lowest BCUT2D eigenvalue weighted by Crippen LogP contribution is -2.19. The number of nitrogens with zero attached hydrogens (tertiary/aromatic N) is 3. The van der Waals surface area contributed by atoms with Crippen molar-refractivity contribution in [3.8, 4) is 0 Å². The Labute approximate surface area is 151 Å². The SMILES string of the molecule is CCc1ccc(C=NNC(=O)CSc2nc3ccccc3n2C)cc1. The molecule has 1 heterocycles. The number of hydrogen-bond donors (Lipinski definition) is 1. The van der Waals surface area contributed by atoms with Gasteiger partial charge in [0.1, 0.15) is 0 Å². The first-order valence-electron chi connectivity index (χ1n) is 8.12. The molecule has 3 rings (SSSR count). The Morgan fingerprint density at radius 3 is 2.72 bits per heavy atom. The molecule has 0 atom stereocenters. The number of aromatic nitrogens is 2. The summed E-state index contributed by atoms with van der Waals surface area (Å²) in [6.07, 6.45) is 2.66. The van der Waals surface area contributed by atoms with Crippen molar-refractivity contribution in [3.63, 3.8) is 0 Å². The van der Waals surface area contributed by atoms with Crippen LogP contribution in [0.2, 0.25) is 0 Å². The van der Waals surface area contributed by atoms with E-state index in [1.165, 1.54) is 17.3 Å². The molecule has 5 nitrogen and oxygen atoms in total. The largest absolute Gasteiger partial charge is 0.322 e. The molecule has 1 aromatic heterocycles. The molecule has 0 aliphatic heterocycles. The Balaban J connectivity index is 1.53. The smallest absolute Gasteiger partial charge is 0.250 e. The van der Waals surface area contributed by atoms with Gasteiger partial charge in [0.25, 0.3) is 5.91 Å². The van der Waals surface area contributed by atoms with Crippen LogP contribution in [0.3, 0.4) is 0 Å². The lowest BCUT2D eigenvalue weighted by atomic mass is 10.1. The van der Waals surface area contributed by atoms with E-state index in [1.54, 1.807) is 6.21 Å². The molecule has 0 spiro atoms. The summed E-state index contributed by atoms with van der Waals surface area (Å²) in [5.74, 6) is 0.113. The maximum atomic E-state index is 12.0.